The van der Waals surface area contributed by atoms with Crippen molar-refractivity contribution in [3.63, 3.8) is 0 Å². The predicted molar refractivity (Wildman–Crippen MR) is 132 cm³/mol. The fourth-order valence-electron chi connectivity index (χ4n) is 2.90. The Morgan fingerprint density at radius 3 is 2.41 bits per heavy atom. The number of carbonyl (C=O) groups excluding carboxylic acids is 3. The van der Waals surface area contributed by atoms with E-state index in [9.17, 15) is 14.4 Å². The van der Waals surface area contributed by atoms with Crippen LogP contribution in [0.3, 0.4) is 0 Å². The van der Waals surface area contributed by atoms with Gasteiger partial charge in [0.1, 0.15) is 12.1 Å². The van der Waals surface area contributed by atoms with Gasteiger partial charge in [0, 0.05) is 35.2 Å². The summed E-state index contributed by atoms with van der Waals surface area (Å²) in [6, 6.07) is 12.3. The number of carbonyl (C=O) groups is 3. The summed E-state index contributed by atoms with van der Waals surface area (Å²) in [5.41, 5.74) is 7.74. The molecule has 1 heterocycles. The summed E-state index contributed by atoms with van der Waals surface area (Å²) in [5, 5.41) is 8.68. The van der Waals surface area contributed by atoms with Crippen LogP contribution in [0.4, 0.5) is 0 Å². The van der Waals surface area contributed by atoms with Crippen molar-refractivity contribution in [1.82, 2.24) is 25.6 Å². The topological polar surface area (TPSA) is 115 Å². The summed E-state index contributed by atoms with van der Waals surface area (Å²) >= 11 is 2.90. The molecule has 0 aliphatic carbocycles. The highest BCUT2D eigenvalue weighted by Gasteiger charge is 2.11. The fourth-order valence-corrected chi connectivity index (χ4v) is 4.55. The van der Waals surface area contributed by atoms with Gasteiger partial charge in [0.2, 0.25) is 5.91 Å². The van der Waals surface area contributed by atoms with E-state index in [2.05, 4.69) is 21.0 Å². The summed E-state index contributed by atoms with van der Waals surface area (Å²) in [6.45, 7) is 1.50. The average Bonchev–Trinajstić information content (AvgIpc) is 3.26. The number of amides is 2. The van der Waals surface area contributed by atoms with Crippen molar-refractivity contribution in [2.24, 2.45) is 7.05 Å². The molecular weight excluding hydrogens is 474 g/mol. The van der Waals surface area contributed by atoms with Gasteiger partial charge in [-0.05, 0) is 42.8 Å². The Morgan fingerprint density at radius 1 is 1.03 bits per heavy atom. The van der Waals surface area contributed by atoms with E-state index in [1.165, 1.54) is 18.7 Å². The van der Waals surface area contributed by atoms with Crippen LogP contribution >= 0.6 is 23.5 Å². The third-order valence-electron chi connectivity index (χ3n) is 4.75. The van der Waals surface area contributed by atoms with Crippen molar-refractivity contribution in [2.75, 3.05) is 12.9 Å². The lowest BCUT2D eigenvalue weighted by molar-refractivity contribution is -0.119. The van der Waals surface area contributed by atoms with Crippen molar-refractivity contribution in [3.8, 4) is 5.75 Å². The van der Waals surface area contributed by atoms with Gasteiger partial charge in [-0.3, -0.25) is 25.2 Å². The molecule has 3 rings (SSSR count). The van der Waals surface area contributed by atoms with Gasteiger partial charge in [-0.2, -0.15) is 0 Å². The lowest BCUT2D eigenvalue weighted by Crippen LogP contribution is -2.42. The maximum atomic E-state index is 12.3. The molecule has 0 atom stereocenters. The number of hydrogen-bond acceptors (Lipinski definition) is 8. The molecule has 178 valence electrons. The number of thioether (sulfide) groups is 2. The maximum absolute atomic E-state index is 12.3. The van der Waals surface area contributed by atoms with Crippen LogP contribution in [0.25, 0.3) is 0 Å². The van der Waals surface area contributed by atoms with Gasteiger partial charge in [0.25, 0.3) is 5.91 Å². The lowest BCUT2D eigenvalue weighted by atomic mass is 10.1. The number of ketones is 1. The van der Waals surface area contributed by atoms with Gasteiger partial charge in [-0.1, -0.05) is 23.9 Å². The van der Waals surface area contributed by atoms with Gasteiger partial charge in [0.15, 0.2) is 10.9 Å². The summed E-state index contributed by atoms with van der Waals surface area (Å²) < 4.78 is 7.16. The van der Waals surface area contributed by atoms with Gasteiger partial charge in [0.05, 0.1) is 12.9 Å². The first-order valence-electron chi connectivity index (χ1n) is 10.3. The summed E-state index contributed by atoms with van der Waals surface area (Å²) in [5.74, 6) is 1.20. The Morgan fingerprint density at radius 2 is 1.76 bits per heavy atom. The van der Waals surface area contributed by atoms with Crippen LogP contribution in [0.1, 0.15) is 38.8 Å². The third-order valence-corrected chi connectivity index (χ3v) is 6.83. The van der Waals surface area contributed by atoms with Crippen molar-refractivity contribution in [2.45, 2.75) is 23.6 Å². The second kappa shape index (κ2) is 12.2. The predicted octanol–water partition coefficient (Wildman–Crippen LogP) is 3.01. The molecule has 3 aromatic rings. The molecule has 0 bridgehead atoms. The Kier molecular flexibility index (Phi) is 9.11. The van der Waals surface area contributed by atoms with E-state index in [1.54, 1.807) is 55.5 Å². The number of Topliss-reactive ketones (excluding diaryl/α,β-unsaturated/α-hetero) is 1. The van der Waals surface area contributed by atoms with Crippen LogP contribution in [0.2, 0.25) is 0 Å². The number of rotatable bonds is 10. The van der Waals surface area contributed by atoms with Crippen LogP contribution < -0.4 is 15.6 Å². The minimum atomic E-state index is -0.401. The highest BCUT2D eigenvalue weighted by atomic mass is 32.2. The van der Waals surface area contributed by atoms with E-state index in [-0.39, 0.29) is 17.4 Å². The number of aryl methyl sites for hydroxylation is 1. The van der Waals surface area contributed by atoms with E-state index in [4.69, 9.17) is 4.74 Å². The molecule has 0 spiro atoms. The van der Waals surface area contributed by atoms with E-state index in [0.29, 0.717) is 28.4 Å². The highest BCUT2D eigenvalue weighted by molar-refractivity contribution is 7.99. The monoisotopic (exact) mass is 499 g/mol. The fraction of sp³-hybridized carbons (Fsp3) is 0.261. The number of nitrogens with one attached hydrogen (secondary N) is 2. The van der Waals surface area contributed by atoms with Crippen LogP contribution in [-0.2, 0) is 23.3 Å². The Labute approximate surface area is 206 Å². The molecule has 2 N–H and O–H groups in total. The molecule has 0 saturated heterocycles. The quantitative estimate of drug-likeness (QED) is 0.249. The van der Waals surface area contributed by atoms with Crippen molar-refractivity contribution >= 4 is 41.1 Å². The van der Waals surface area contributed by atoms with Gasteiger partial charge >= 0.3 is 0 Å². The molecule has 34 heavy (non-hydrogen) atoms. The van der Waals surface area contributed by atoms with Gasteiger partial charge in [-0.25, -0.2) is 0 Å². The summed E-state index contributed by atoms with van der Waals surface area (Å²) in [7, 11) is 3.44. The maximum Gasteiger partial charge on any atom is 0.269 e. The summed E-state index contributed by atoms with van der Waals surface area (Å²) in [6.07, 6.45) is 1.64. The lowest BCUT2D eigenvalue weighted by Gasteiger charge is -2.10. The number of hydrogen-bond donors (Lipinski definition) is 2. The first kappa shape index (κ1) is 25.3. The Bertz CT molecular complexity index is 1160. The largest absolute Gasteiger partial charge is 0.496 e. The third kappa shape index (κ3) is 7.09. The van der Waals surface area contributed by atoms with E-state index >= 15 is 0 Å². The zero-order chi connectivity index (χ0) is 24.5. The second-order valence-electron chi connectivity index (χ2n) is 7.29. The Hall–Kier alpha value is -3.31. The zero-order valence-corrected chi connectivity index (χ0v) is 20.7. The normalized spacial score (nSPS) is 10.6. The number of methoxy groups -OCH3 is 1. The number of hydrazine groups is 1. The summed E-state index contributed by atoms with van der Waals surface area (Å²) in [4.78, 5) is 36.1. The van der Waals surface area contributed by atoms with Crippen LogP contribution in [0, 0.1) is 0 Å². The minimum absolute atomic E-state index is 0.0356. The molecule has 2 amide bonds. The van der Waals surface area contributed by atoms with Gasteiger partial charge in [-0.15, -0.1) is 22.0 Å². The molecule has 0 aliphatic heterocycles. The van der Waals surface area contributed by atoms with Crippen molar-refractivity contribution in [3.05, 3.63) is 71.0 Å². The second-order valence-corrected chi connectivity index (χ2v) is 9.22. The van der Waals surface area contributed by atoms with E-state index in [1.807, 2.05) is 23.7 Å². The number of ether oxygens (including phenoxy) is 1. The van der Waals surface area contributed by atoms with Gasteiger partial charge < -0.3 is 9.30 Å². The van der Waals surface area contributed by atoms with Crippen molar-refractivity contribution < 1.29 is 19.1 Å². The molecule has 0 saturated carbocycles. The first-order valence-corrected chi connectivity index (χ1v) is 12.4. The molecule has 0 aliphatic rings. The molecule has 0 fully saturated rings. The molecular formula is C23H25N5O4S2. The van der Waals surface area contributed by atoms with Crippen LogP contribution in [0.15, 0.2) is 53.9 Å². The van der Waals surface area contributed by atoms with Crippen LogP contribution in [-0.4, -0.2) is 45.2 Å². The molecule has 1 aromatic heterocycles. The first-order chi connectivity index (χ1) is 16.4. The highest BCUT2D eigenvalue weighted by Crippen LogP contribution is 2.25. The average molecular weight is 500 g/mol. The van der Waals surface area contributed by atoms with Crippen molar-refractivity contribution in [1.29, 1.82) is 0 Å². The SMILES string of the molecule is COc1ccc(C(C)=O)cc1CSCC(=O)NNC(=O)c1ccc(CSc2nncn2C)cc1. The van der Waals surface area contributed by atoms with E-state index < -0.39 is 5.91 Å². The zero-order valence-electron chi connectivity index (χ0n) is 19.0. The molecule has 11 heteroatoms. The smallest absolute Gasteiger partial charge is 0.269 e. The molecule has 0 radical (unpaired) electrons. The number of nitrogens with zero attached hydrogens (tertiary/aromatic N) is 3. The molecule has 9 nitrogen and oxygen atoms in total. The number of aromatic nitrogens is 3. The minimum Gasteiger partial charge on any atom is -0.496 e. The molecule has 0 unspecified atom stereocenters. The van der Waals surface area contributed by atoms with E-state index in [0.717, 1.165) is 16.3 Å². The van der Waals surface area contributed by atoms with Crippen LogP contribution in [0.5, 0.6) is 5.75 Å². The molecule has 2 aromatic carbocycles. The number of benzene rings is 2. The Balaban J connectivity index is 1.42. The standard InChI is InChI=1S/C23H25N5O4S2/c1-15(29)18-8-9-20(32-3)19(10-18)12-33-13-21(30)25-26-22(31)17-6-4-16(5-7-17)11-34-23-27-24-14-28(23)2/h4-10,14H,11-13H2,1-3H3,(H,25,30)(H,26,31).